The molecule has 0 aliphatic heterocycles. The lowest BCUT2D eigenvalue weighted by Crippen LogP contribution is -2.35. The molecule has 0 aliphatic rings. The first-order chi connectivity index (χ1) is 6.20. The van der Waals surface area contributed by atoms with Crippen LogP contribution in [0.2, 0.25) is 0 Å². The Labute approximate surface area is 75.1 Å². The molecule has 1 heterocycles. The zero-order chi connectivity index (χ0) is 9.84. The van der Waals surface area contributed by atoms with Gasteiger partial charge in [0.15, 0.2) is 6.29 Å². The Morgan fingerprint density at radius 2 is 2.31 bits per heavy atom. The molecule has 0 aliphatic carbocycles. The number of carbonyl (C=O) groups excluding carboxylic acids is 1. The fraction of sp³-hybridized carbons (Fsp3) is 0.143. The molecule has 0 spiro atoms. The van der Waals surface area contributed by atoms with Crippen molar-refractivity contribution in [1.82, 2.24) is 4.98 Å². The number of aldehydes is 1. The van der Waals surface area contributed by atoms with E-state index in [-0.39, 0.29) is 16.9 Å². The summed E-state index contributed by atoms with van der Waals surface area (Å²) < 4.78 is 4.83. The normalized spacial score (nSPS) is 9.46. The first-order valence-electron chi connectivity index (χ1n) is 3.55. The second-order valence-electron chi connectivity index (χ2n) is 2.30. The SMILES string of the molecule is COc1ccnc(C=O)c1B(O)O. The van der Waals surface area contributed by atoms with Crippen LogP contribution in [0.3, 0.4) is 0 Å². The highest BCUT2D eigenvalue weighted by Gasteiger charge is 2.21. The van der Waals surface area contributed by atoms with Gasteiger partial charge in [0.1, 0.15) is 11.4 Å². The van der Waals surface area contributed by atoms with Crippen LogP contribution in [0.1, 0.15) is 10.5 Å². The molecule has 1 rings (SSSR count). The average Bonchev–Trinajstić information content (AvgIpc) is 2.16. The van der Waals surface area contributed by atoms with Crippen molar-refractivity contribution in [2.24, 2.45) is 0 Å². The predicted molar refractivity (Wildman–Crippen MR) is 46.0 cm³/mol. The number of hydrogen-bond acceptors (Lipinski definition) is 5. The summed E-state index contributed by atoms with van der Waals surface area (Å²) in [7, 11) is -0.389. The number of hydrogen-bond donors (Lipinski definition) is 2. The van der Waals surface area contributed by atoms with Crippen LogP contribution in [-0.4, -0.2) is 35.5 Å². The Morgan fingerprint density at radius 1 is 1.62 bits per heavy atom. The van der Waals surface area contributed by atoms with Gasteiger partial charge in [-0.1, -0.05) is 0 Å². The third-order valence-corrected chi connectivity index (χ3v) is 1.57. The van der Waals surface area contributed by atoms with Crippen LogP contribution in [0.5, 0.6) is 5.75 Å². The summed E-state index contributed by atoms with van der Waals surface area (Å²) in [5.74, 6) is 0.229. The van der Waals surface area contributed by atoms with Gasteiger partial charge in [-0.15, -0.1) is 0 Å². The van der Waals surface area contributed by atoms with Crippen LogP contribution in [0.15, 0.2) is 12.3 Å². The molecule has 0 fully saturated rings. The molecule has 0 radical (unpaired) electrons. The minimum absolute atomic E-state index is 0.0139. The molecule has 1 aromatic heterocycles. The summed E-state index contributed by atoms with van der Waals surface area (Å²) in [4.78, 5) is 14.1. The highest BCUT2D eigenvalue weighted by molar-refractivity contribution is 6.61. The Balaban J connectivity index is 3.29. The minimum Gasteiger partial charge on any atom is -0.497 e. The molecule has 13 heavy (non-hydrogen) atoms. The van der Waals surface area contributed by atoms with Crippen LogP contribution in [0.25, 0.3) is 0 Å². The maximum absolute atomic E-state index is 10.5. The second-order valence-corrected chi connectivity index (χ2v) is 2.30. The molecule has 6 heteroatoms. The molecule has 0 unspecified atom stereocenters. The Hall–Kier alpha value is -1.40. The smallest absolute Gasteiger partial charge is 0.494 e. The number of carbonyl (C=O) groups is 1. The topological polar surface area (TPSA) is 79.7 Å². The van der Waals surface area contributed by atoms with E-state index in [2.05, 4.69) is 4.98 Å². The zero-order valence-electron chi connectivity index (χ0n) is 6.97. The van der Waals surface area contributed by atoms with Gasteiger partial charge in [-0.25, -0.2) is 0 Å². The maximum Gasteiger partial charge on any atom is 0.494 e. The minimum atomic E-state index is -1.76. The lowest BCUT2D eigenvalue weighted by atomic mass is 9.78. The van der Waals surface area contributed by atoms with Crippen molar-refractivity contribution in [3.05, 3.63) is 18.0 Å². The lowest BCUT2D eigenvalue weighted by molar-refractivity contribution is 0.111. The van der Waals surface area contributed by atoms with Crippen molar-refractivity contribution in [2.45, 2.75) is 0 Å². The number of rotatable bonds is 3. The van der Waals surface area contributed by atoms with Gasteiger partial charge in [-0.3, -0.25) is 9.78 Å². The van der Waals surface area contributed by atoms with Crippen molar-refractivity contribution < 1.29 is 19.6 Å². The molecule has 0 bridgehead atoms. The average molecular weight is 181 g/mol. The molecule has 0 amide bonds. The van der Waals surface area contributed by atoms with Gasteiger partial charge in [0.25, 0.3) is 0 Å². The summed E-state index contributed by atoms with van der Waals surface area (Å²) in [6.07, 6.45) is 1.80. The van der Waals surface area contributed by atoms with E-state index < -0.39 is 7.12 Å². The van der Waals surface area contributed by atoms with Crippen molar-refractivity contribution in [2.75, 3.05) is 7.11 Å². The number of methoxy groups -OCH3 is 1. The number of aromatic nitrogens is 1. The number of ether oxygens (including phenoxy) is 1. The van der Waals surface area contributed by atoms with Gasteiger partial charge in [0.05, 0.1) is 12.6 Å². The van der Waals surface area contributed by atoms with Crippen molar-refractivity contribution in [1.29, 1.82) is 0 Å². The van der Waals surface area contributed by atoms with Crippen molar-refractivity contribution >= 4 is 18.9 Å². The molecule has 1 aromatic rings. The van der Waals surface area contributed by atoms with E-state index in [0.717, 1.165) is 0 Å². The Morgan fingerprint density at radius 3 is 2.77 bits per heavy atom. The summed E-state index contributed by atoms with van der Waals surface area (Å²) >= 11 is 0. The standard InChI is InChI=1S/C7H8BNO4/c1-13-6-2-3-9-5(4-10)7(6)8(11)12/h2-4,11-12H,1H3. The third-order valence-electron chi connectivity index (χ3n) is 1.57. The molecular weight excluding hydrogens is 173 g/mol. The highest BCUT2D eigenvalue weighted by Crippen LogP contribution is 2.06. The number of pyridine rings is 1. The Bertz CT molecular complexity index is 315. The van der Waals surface area contributed by atoms with Crippen LogP contribution in [0.4, 0.5) is 0 Å². The van der Waals surface area contributed by atoms with Crippen LogP contribution >= 0.6 is 0 Å². The molecule has 68 valence electrons. The molecule has 0 atom stereocenters. The molecule has 0 saturated carbocycles. The van der Waals surface area contributed by atoms with E-state index >= 15 is 0 Å². The van der Waals surface area contributed by atoms with Crippen LogP contribution in [-0.2, 0) is 0 Å². The molecule has 0 aromatic carbocycles. The molecule has 5 nitrogen and oxygen atoms in total. The monoisotopic (exact) mass is 181 g/mol. The Kier molecular flexibility index (Phi) is 3.00. The van der Waals surface area contributed by atoms with E-state index in [1.54, 1.807) is 0 Å². The van der Waals surface area contributed by atoms with Crippen LogP contribution < -0.4 is 10.2 Å². The second kappa shape index (κ2) is 4.02. The van der Waals surface area contributed by atoms with E-state index in [9.17, 15) is 4.79 Å². The fourth-order valence-corrected chi connectivity index (χ4v) is 1.00. The molecule has 2 N–H and O–H groups in total. The largest absolute Gasteiger partial charge is 0.497 e. The third kappa shape index (κ3) is 1.85. The van der Waals surface area contributed by atoms with Gasteiger partial charge < -0.3 is 14.8 Å². The quantitative estimate of drug-likeness (QED) is 0.442. The first kappa shape index (κ1) is 9.69. The van der Waals surface area contributed by atoms with Gasteiger partial charge in [0.2, 0.25) is 0 Å². The van der Waals surface area contributed by atoms with E-state index in [4.69, 9.17) is 14.8 Å². The summed E-state index contributed by atoms with van der Waals surface area (Å²) in [6.45, 7) is 0. The molecular formula is C7H8BNO4. The summed E-state index contributed by atoms with van der Waals surface area (Å²) in [6, 6.07) is 1.45. The van der Waals surface area contributed by atoms with E-state index in [1.165, 1.54) is 19.4 Å². The van der Waals surface area contributed by atoms with Gasteiger partial charge >= 0.3 is 7.12 Å². The molecule has 0 saturated heterocycles. The van der Waals surface area contributed by atoms with E-state index in [0.29, 0.717) is 6.29 Å². The van der Waals surface area contributed by atoms with Crippen molar-refractivity contribution in [3.63, 3.8) is 0 Å². The maximum atomic E-state index is 10.5. The van der Waals surface area contributed by atoms with Crippen LogP contribution in [0, 0.1) is 0 Å². The van der Waals surface area contributed by atoms with Gasteiger partial charge in [-0.05, 0) is 6.07 Å². The lowest BCUT2D eigenvalue weighted by Gasteiger charge is -2.07. The first-order valence-corrected chi connectivity index (χ1v) is 3.55. The predicted octanol–water partition coefficient (Wildman–Crippen LogP) is -1.42. The van der Waals surface area contributed by atoms with E-state index in [1.807, 2.05) is 0 Å². The zero-order valence-corrected chi connectivity index (χ0v) is 6.97. The number of nitrogens with zero attached hydrogens (tertiary/aromatic N) is 1. The fourth-order valence-electron chi connectivity index (χ4n) is 1.00. The van der Waals surface area contributed by atoms with Gasteiger partial charge in [-0.2, -0.15) is 0 Å². The summed E-state index contributed by atoms with van der Waals surface area (Å²) in [5, 5.41) is 17.8. The van der Waals surface area contributed by atoms with Gasteiger partial charge in [0, 0.05) is 6.20 Å². The van der Waals surface area contributed by atoms with Crippen molar-refractivity contribution in [3.8, 4) is 5.75 Å². The summed E-state index contributed by atoms with van der Waals surface area (Å²) in [5.41, 5.74) is -0.0469. The highest BCUT2D eigenvalue weighted by atomic mass is 16.5.